The third-order valence-corrected chi connectivity index (χ3v) is 5.34. The highest BCUT2D eigenvalue weighted by Gasteiger charge is 2.37. The maximum absolute atomic E-state index is 13.1. The minimum Gasteiger partial charge on any atom is -0.487 e. The van der Waals surface area contributed by atoms with E-state index in [4.69, 9.17) is 4.74 Å². The standard InChI is InChI=1S/C21H24FNO2/c1-13-14(2)20-18(15(3)19(13)23-12-24)11-21(4,25-20)10-9-16-5-7-17(22)8-6-16/h5-8,12H,9-11H2,1-4H3,(H,23,24). The first-order chi connectivity index (χ1) is 11.8. The zero-order chi connectivity index (χ0) is 18.2. The summed E-state index contributed by atoms with van der Waals surface area (Å²) in [6, 6.07) is 6.65. The highest BCUT2D eigenvalue weighted by atomic mass is 19.1. The van der Waals surface area contributed by atoms with Crippen molar-refractivity contribution in [2.45, 2.75) is 52.6 Å². The van der Waals surface area contributed by atoms with Crippen molar-refractivity contribution in [3.05, 3.63) is 57.9 Å². The molecule has 3 nitrogen and oxygen atoms in total. The molecule has 0 saturated heterocycles. The number of halogens is 1. The van der Waals surface area contributed by atoms with Crippen molar-refractivity contribution in [2.24, 2.45) is 0 Å². The van der Waals surface area contributed by atoms with Crippen LogP contribution in [0.15, 0.2) is 24.3 Å². The van der Waals surface area contributed by atoms with E-state index in [2.05, 4.69) is 12.2 Å². The van der Waals surface area contributed by atoms with Gasteiger partial charge in [0.05, 0.1) is 0 Å². The number of fused-ring (bicyclic) bond motifs is 1. The molecule has 1 N–H and O–H groups in total. The maximum atomic E-state index is 13.1. The van der Waals surface area contributed by atoms with Crippen LogP contribution in [0.1, 0.15) is 41.2 Å². The second kappa shape index (κ2) is 6.51. The van der Waals surface area contributed by atoms with Crippen molar-refractivity contribution in [1.82, 2.24) is 0 Å². The third kappa shape index (κ3) is 3.26. The van der Waals surface area contributed by atoms with Crippen LogP contribution in [0, 0.1) is 26.6 Å². The Labute approximate surface area is 148 Å². The van der Waals surface area contributed by atoms with Gasteiger partial charge >= 0.3 is 0 Å². The van der Waals surface area contributed by atoms with Crippen LogP contribution < -0.4 is 10.1 Å². The molecular formula is C21H24FNO2. The second-order valence-electron chi connectivity index (χ2n) is 7.18. The smallest absolute Gasteiger partial charge is 0.211 e. The van der Waals surface area contributed by atoms with Gasteiger partial charge in [-0.2, -0.15) is 0 Å². The summed E-state index contributed by atoms with van der Waals surface area (Å²) in [6.45, 7) is 8.20. The summed E-state index contributed by atoms with van der Waals surface area (Å²) in [5.74, 6) is 0.740. The molecule has 1 unspecified atom stereocenters. The molecule has 0 bridgehead atoms. The van der Waals surface area contributed by atoms with Crippen molar-refractivity contribution < 1.29 is 13.9 Å². The summed E-state index contributed by atoms with van der Waals surface area (Å²) in [7, 11) is 0. The summed E-state index contributed by atoms with van der Waals surface area (Å²) < 4.78 is 19.4. The SMILES string of the molecule is Cc1c(C)c2c(c(C)c1NC=O)CC(C)(CCc1ccc(F)cc1)O2. The first kappa shape index (κ1) is 17.5. The van der Waals surface area contributed by atoms with Crippen LogP contribution in [0.4, 0.5) is 10.1 Å². The van der Waals surface area contributed by atoms with Gasteiger partial charge in [0.2, 0.25) is 6.41 Å². The van der Waals surface area contributed by atoms with Crippen molar-refractivity contribution in [3.8, 4) is 5.75 Å². The lowest BCUT2D eigenvalue weighted by molar-refractivity contribution is -0.105. The lowest BCUT2D eigenvalue weighted by Crippen LogP contribution is -2.30. The number of carbonyl (C=O) groups is 1. The predicted molar refractivity (Wildman–Crippen MR) is 97.8 cm³/mol. The summed E-state index contributed by atoms with van der Waals surface area (Å²) >= 11 is 0. The van der Waals surface area contributed by atoms with Gasteiger partial charge in [0.15, 0.2) is 0 Å². The Balaban J connectivity index is 1.84. The Hall–Kier alpha value is -2.36. The molecule has 0 aliphatic carbocycles. The van der Waals surface area contributed by atoms with Crippen LogP contribution in [0.3, 0.4) is 0 Å². The average Bonchev–Trinajstić information content (AvgIpc) is 2.95. The third-order valence-electron chi connectivity index (χ3n) is 5.34. The molecule has 2 aromatic rings. The van der Waals surface area contributed by atoms with Gasteiger partial charge in [-0.15, -0.1) is 0 Å². The minimum atomic E-state index is -0.293. The van der Waals surface area contributed by atoms with Gasteiger partial charge in [0.25, 0.3) is 0 Å². The summed E-state index contributed by atoms with van der Waals surface area (Å²) in [5, 5.41) is 2.83. The number of nitrogens with one attached hydrogen (secondary N) is 1. The Kier molecular flexibility index (Phi) is 4.55. The normalized spacial score (nSPS) is 18.6. The van der Waals surface area contributed by atoms with Crippen LogP contribution in [0.5, 0.6) is 5.75 Å². The van der Waals surface area contributed by atoms with Gasteiger partial charge in [-0.05, 0) is 74.9 Å². The molecule has 2 aromatic carbocycles. The van der Waals surface area contributed by atoms with Gasteiger partial charge in [0.1, 0.15) is 17.2 Å². The van der Waals surface area contributed by atoms with Gasteiger partial charge < -0.3 is 10.1 Å². The first-order valence-corrected chi connectivity index (χ1v) is 8.61. The highest BCUT2D eigenvalue weighted by Crippen LogP contribution is 2.45. The fourth-order valence-electron chi connectivity index (χ4n) is 3.67. The van der Waals surface area contributed by atoms with Crippen LogP contribution in [0.2, 0.25) is 0 Å². The van der Waals surface area contributed by atoms with E-state index in [1.165, 1.54) is 17.7 Å². The van der Waals surface area contributed by atoms with E-state index in [0.29, 0.717) is 0 Å². The molecule has 1 amide bonds. The number of rotatable bonds is 5. The molecule has 0 saturated carbocycles. The molecule has 0 fully saturated rings. The van der Waals surface area contributed by atoms with Gasteiger partial charge in [0, 0.05) is 17.7 Å². The summed E-state index contributed by atoms with van der Waals surface area (Å²) in [5.41, 5.74) is 6.08. The molecule has 0 aromatic heterocycles. The Morgan fingerprint density at radius 1 is 1.16 bits per heavy atom. The molecule has 1 heterocycles. The zero-order valence-electron chi connectivity index (χ0n) is 15.2. The highest BCUT2D eigenvalue weighted by molar-refractivity contribution is 5.79. The molecule has 132 valence electrons. The lowest BCUT2D eigenvalue weighted by atomic mass is 9.88. The van der Waals surface area contributed by atoms with E-state index in [1.807, 2.05) is 32.9 Å². The molecule has 1 aliphatic heterocycles. The second-order valence-corrected chi connectivity index (χ2v) is 7.18. The largest absolute Gasteiger partial charge is 0.487 e. The number of ether oxygens (including phenoxy) is 1. The van der Waals surface area contributed by atoms with Gasteiger partial charge in [-0.25, -0.2) is 4.39 Å². The number of benzene rings is 2. The fourth-order valence-corrected chi connectivity index (χ4v) is 3.67. The Morgan fingerprint density at radius 3 is 2.48 bits per heavy atom. The van der Waals surface area contributed by atoms with E-state index in [1.54, 1.807) is 0 Å². The van der Waals surface area contributed by atoms with Crippen molar-refractivity contribution in [2.75, 3.05) is 5.32 Å². The fraction of sp³-hybridized carbons (Fsp3) is 0.381. The maximum Gasteiger partial charge on any atom is 0.211 e. The zero-order valence-corrected chi connectivity index (χ0v) is 15.2. The monoisotopic (exact) mass is 341 g/mol. The van der Waals surface area contributed by atoms with Crippen molar-refractivity contribution >= 4 is 12.1 Å². The summed E-state index contributed by atoms with van der Waals surface area (Å²) in [4.78, 5) is 10.9. The van der Waals surface area contributed by atoms with Gasteiger partial charge in [-0.1, -0.05) is 12.1 Å². The quantitative estimate of drug-likeness (QED) is 0.804. The number of anilines is 1. The molecule has 4 heteroatoms. The number of carbonyl (C=O) groups excluding carboxylic acids is 1. The van der Waals surface area contributed by atoms with E-state index in [-0.39, 0.29) is 11.4 Å². The van der Waals surface area contributed by atoms with E-state index >= 15 is 0 Å². The predicted octanol–water partition coefficient (Wildman–Crippen LogP) is 4.65. The van der Waals surface area contributed by atoms with Gasteiger partial charge in [-0.3, -0.25) is 4.79 Å². The molecule has 3 rings (SSSR count). The Morgan fingerprint density at radius 2 is 1.84 bits per heavy atom. The van der Waals surface area contributed by atoms with Crippen LogP contribution in [0.25, 0.3) is 0 Å². The Bertz CT molecular complexity index is 814. The topological polar surface area (TPSA) is 38.3 Å². The molecule has 1 atom stereocenters. The first-order valence-electron chi connectivity index (χ1n) is 8.61. The number of aryl methyl sites for hydroxylation is 1. The molecular weight excluding hydrogens is 317 g/mol. The van der Waals surface area contributed by atoms with Crippen molar-refractivity contribution in [1.29, 1.82) is 0 Å². The number of hydrogen-bond donors (Lipinski definition) is 1. The molecule has 0 spiro atoms. The number of hydrogen-bond acceptors (Lipinski definition) is 2. The molecule has 0 radical (unpaired) electrons. The van der Waals surface area contributed by atoms with E-state index in [0.717, 1.165) is 59.4 Å². The number of amides is 1. The van der Waals surface area contributed by atoms with Crippen molar-refractivity contribution in [3.63, 3.8) is 0 Å². The molecule has 1 aliphatic rings. The average molecular weight is 341 g/mol. The van der Waals surface area contributed by atoms with E-state index in [9.17, 15) is 9.18 Å². The summed E-state index contributed by atoms with van der Waals surface area (Å²) in [6.07, 6.45) is 3.22. The van der Waals surface area contributed by atoms with Crippen LogP contribution >= 0.6 is 0 Å². The molecule has 25 heavy (non-hydrogen) atoms. The minimum absolute atomic E-state index is 0.212. The van der Waals surface area contributed by atoms with E-state index < -0.39 is 0 Å². The van der Waals surface area contributed by atoms with Crippen LogP contribution in [-0.2, 0) is 17.6 Å². The lowest BCUT2D eigenvalue weighted by Gasteiger charge is -2.24. The van der Waals surface area contributed by atoms with Crippen LogP contribution in [-0.4, -0.2) is 12.0 Å².